The van der Waals surface area contributed by atoms with Gasteiger partial charge in [0.15, 0.2) is 0 Å². The highest BCUT2D eigenvalue weighted by Gasteiger charge is 2.37. The molecule has 1 aliphatic carbocycles. The normalized spacial score (nSPS) is 21.3. The van der Waals surface area contributed by atoms with Gasteiger partial charge in [0.25, 0.3) is 0 Å². The topological polar surface area (TPSA) is 64.7 Å². The summed E-state index contributed by atoms with van der Waals surface area (Å²) in [5.41, 5.74) is 4.11. The fourth-order valence-corrected chi connectivity index (χ4v) is 5.00. The first kappa shape index (κ1) is 24.0. The van der Waals surface area contributed by atoms with Crippen LogP contribution in [0.2, 0.25) is 5.02 Å². The van der Waals surface area contributed by atoms with Gasteiger partial charge in [0.05, 0.1) is 0 Å². The SMILES string of the molecule is CNC(CC(=O)NN1CC[C@H](N(C(=O)C(C)C)C2CCCCC2)C1)c1ccc(Cl)cc1. The van der Waals surface area contributed by atoms with Crippen LogP contribution in [0.1, 0.15) is 70.4 Å². The quantitative estimate of drug-likeness (QED) is 0.632. The van der Waals surface area contributed by atoms with Crippen molar-refractivity contribution < 1.29 is 9.59 Å². The van der Waals surface area contributed by atoms with E-state index < -0.39 is 0 Å². The Bertz CT molecular complexity index is 734. The molecule has 1 saturated heterocycles. The molecule has 2 fully saturated rings. The lowest BCUT2D eigenvalue weighted by molar-refractivity contribution is -0.140. The van der Waals surface area contributed by atoms with E-state index in [4.69, 9.17) is 11.6 Å². The zero-order chi connectivity index (χ0) is 22.4. The average molecular weight is 449 g/mol. The Morgan fingerprint density at radius 2 is 1.77 bits per heavy atom. The molecule has 1 saturated carbocycles. The predicted molar refractivity (Wildman–Crippen MR) is 125 cm³/mol. The Labute approximate surface area is 191 Å². The van der Waals surface area contributed by atoms with Crippen molar-refractivity contribution in [3.05, 3.63) is 34.9 Å². The van der Waals surface area contributed by atoms with Crippen molar-refractivity contribution in [2.75, 3.05) is 20.1 Å². The van der Waals surface area contributed by atoms with Crippen molar-refractivity contribution in [1.29, 1.82) is 0 Å². The van der Waals surface area contributed by atoms with E-state index >= 15 is 0 Å². The molecule has 1 aromatic carbocycles. The number of amides is 2. The molecule has 3 rings (SSSR count). The summed E-state index contributed by atoms with van der Waals surface area (Å²) in [7, 11) is 1.86. The van der Waals surface area contributed by atoms with Crippen molar-refractivity contribution in [1.82, 2.24) is 20.7 Å². The third-order valence-electron chi connectivity index (χ3n) is 6.57. The lowest BCUT2D eigenvalue weighted by atomic mass is 9.92. The molecular weight excluding hydrogens is 412 g/mol. The number of rotatable bonds is 8. The van der Waals surface area contributed by atoms with Crippen molar-refractivity contribution in [2.24, 2.45) is 5.92 Å². The second-order valence-electron chi connectivity index (χ2n) is 9.21. The third kappa shape index (κ3) is 6.43. The van der Waals surface area contributed by atoms with Crippen LogP contribution >= 0.6 is 11.6 Å². The monoisotopic (exact) mass is 448 g/mol. The molecule has 2 amide bonds. The molecule has 7 heteroatoms. The van der Waals surface area contributed by atoms with Crippen LogP contribution in [0.5, 0.6) is 0 Å². The molecule has 2 N–H and O–H groups in total. The largest absolute Gasteiger partial charge is 0.335 e. The van der Waals surface area contributed by atoms with Gasteiger partial charge in [0.2, 0.25) is 11.8 Å². The van der Waals surface area contributed by atoms with Gasteiger partial charge in [-0.25, -0.2) is 5.01 Å². The van der Waals surface area contributed by atoms with Crippen molar-refractivity contribution in [3.63, 3.8) is 0 Å². The number of hydrazine groups is 1. The molecule has 1 aliphatic heterocycles. The molecule has 0 bridgehead atoms. The molecule has 6 nitrogen and oxygen atoms in total. The van der Waals surface area contributed by atoms with Gasteiger partial charge in [-0.05, 0) is 44.0 Å². The summed E-state index contributed by atoms with van der Waals surface area (Å²) < 4.78 is 0. The summed E-state index contributed by atoms with van der Waals surface area (Å²) in [5, 5.41) is 5.89. The summed E-state index contributed by atoms with van der Waals surface area (Å²) in [5.74, 6) is 0.235. The molecule has 1 unspecified atom stereocenters. The average Bonchev–Trinajstić information content (AvgIpc) is 3.21. The van der Waals surface area contributed by atoms with E-state index in [0.29, 0.717) is 24.0 Å². The van der Waals surface area contributed by atoms with Crippen LogP contribution in [0.25, 0.3) is 0 Å². The molecular formula is C24H37ClN4O2. The maximum absolute atomic E-state index is 13.0. The van der Waals surface area contributed by atoms with Crippen LogP contribution in [0.15, 0.2) is 24.3 Å². The van der Waals surface area contributed by atoms with Gasteiger partial charge in [0, 0.05) is 48.6 Å². The molecule has 0 aromatic heterocycles. The summed E-state index contributed by atoms with van der Waals surface area (Å²) in [6.07, 6.45) is 7.13. The van der Waals surface area contributed by atoms with Gasteiger partial charge in [-0.15, -0.1) is 0 Å². The molecule has 2 aliphatic rings. The number of carbonyl (C=O) groups is 2. The fraction of sp³-hybridized carbons (Fsp3) is 0.667. The second-order valence-corrected chi connectivity index (χ2v) is 9.65. The number of benzene rings is 1. The number of nitrogens with one attached hydrogen (secondary N) is 2. The van der Waals surface area contributed by atoms with E-state index in [-0.39, 0.29) is 29.8 Å². The van der Waals surface area contributed by atoms with Crippen molar-refractivity contribution in [3.8, 4) is 0 Å². The minimum Gasteiger partial charge on any atom is -0.335 e. The lowest BCUT2D eigenvalue weighted by Gasteiger charge is -2.39. The Morgan fingerprint density at radius 1 is 1.10 bits per heavy atom. The molecule has 172 valence electrons. The van der Waals surface area contributed by atoms with E-state index in [2.05, 4.69) is 15.6 Å². The van der Waals surface area contributed by atoms with Crippen molar-refractivity contribution >= 4 is 23.4 Å². The van der Waals surface area contributed by atoms with Crippen LogP contribution in [-0.4, -0.2) is 53.9 Å². The zero-order valence-electron chi connectivity index (χ0n) is 19.1. The number of hydrogen-bond donors (Lipinski definition) is 2. The first-order valence-corrected chi connectivity index (χ1v) is 12.1. The minimum atomic E-state index is -0.0723. The highest BCUT2D eigenvalue weighted by atomic mass is 35.5. The molecule has 0 radical (unpaired) electrons. The summed E-state index contributed by atoms with van der Waals surface area (Å²) in [4.78, 5) is 27.9. The van der Waals surface area contributed by atoms with Gasteiger partial charge in [-0.3, -0.25) is 15.0 Å². The molecule has 1 aromatic rings. The molecule has 31 heavy (non-hydrogen) atoms. The number of hydrogen-bond acceptors (Lipinski definition) is 4. The zero-order valence-corrected chi connectivity index (χ0v) is 19.8. The molecule has 2 atom stereocenters. The van der Waals surface area contributed by atoms with E-state index in [1.807, 2.05) is 50.2 Å². The lowest BCUT2D eigenvalue weighted by Crippen LogP contribution is -2.51. The third-order valence-corrected chi connectivity index (χ3v) is 6.82. The van der Waals surface area contributed by atoms with Crippen LogP contribution in [0, 0.1) is 5.92 Å². The predicted octanol–water partition coefficient (Wildman–Crippen LogP) is 3.91. The number of halogens is 1. The van der Waals surface area contributed by atoms with Gasteiger partial charge >= 0.3 is 0 Å². The van der Waals surface area contributed by atoms with Gasteiger partial charge in [-0.2, -0.15) is 0 Å². The Morgan fingerprint density at radius 3 is 2.39 bits per heavy atom. The first-order chi connectivity index (χ1) is 14.9. The summed E-state index contributed by atoms with van der Waals surface area (Å²) >= 11 is 5.98. The van der Waals surface area contributed by atoms with Gasteiger partial charge < -0.3 is 10.2 Å². The number of nitrogens with zero attached hydrogens (tertiary/aromatic N) is 2. The second kappa shape index (κ2) is 11.3. The van der Waals surface area contributed by atoms with E-state index in [1.54, 1.807) is 0 Å². The molecule has 1 heterocycles. The Balaban J connectivity index is 1.57. The summed E-state index contributed by atoms with van der Waals surface area (Å²) in [6, 6.07) is 8.03. The highest BCUT2D eigenvalue weighted by molar-refractivity contribution is 6.30. The smallest absolute Gasteiger partial charge is 0.236 e. The maximum atomic E-state index is 13.0. The van der Waals surface area contributed by atoms with Crippen molar-refractivity contribution in [2.45, 2.75) is 76.9 Å². The summed E-state index contributed by atoms with van der Waals surface area (Å²) in [6.45, 7) is 5.45. The molecule has 0 spiro atoms. The fourth-order valence-electron chi connectivity index (χ4n) is 4.87. The van der Waals surface area contributed by atoms with E-state index in [0.717, 1.165) is 31.4 Å². The van der Waals surface area contributed by atoms with Gasteiger partial charge in [-0.1, -0.05) is 56.8 Å². The number of carbonyl (C=O) groups excluding carboxylic acids is 2. The van der Waals surface area contributed by atoms with Crippen LogP contribution in [-0.2, 0) is 9.59 Å². The maximum Gasteiger partial charge on any atom is 0.236 e. The first-order valence-electron chi connectivity index (χ1n) is 11.7. The van der Waals surface area contributed by atoms with Crippen LogP contribution in [0.4, 0.5) is 0 Å². The van der Waals surface area contributed by atoms with Gasteiger partial charge in [0.1, 0.15) is 0 Å². The Kier molecular flexibility index (Phi) is 8.76. The van der Waals surface area contributed by atoms with E-state index in [1.165, 1.54) is 19.3 Å². The minimum absolute atomic E-state index is 0.00123. The van der Waals surface area contributed by atoms with Crippen LogP contribution < -0.4 is 10.7 Å². The van der Waals surface area contributed by atoms with E-state index in [9.17, 15) is 9.59 Å². The standard InChI is InChI=1S/C24H37ClN4O2/c1-17(2)24(31)29(20-7-5-4-6-8-20)21-13-14-28(16-21)27-23(30)15-22(26-3)18-9-11-19(25)12-10-18/h9-12,17,20-22,26H,4-8,13-16H2,1-3H3,(H,27,30)/t21-,22?/m0/s1. The highest BCUT2D eigenvalue weighted by Crippen LogP contribution is 2.28. The Hall–Kier alpha value is -1.63. The van der Waals surface area contributed by atoms with Crippen LogP contribution in [0.3, 0.4) is 0 Å².